The summed E-state index contributed by atoms with van der Waals surface area (Å²) in [7, 11) is 0. The van der Waals surface area contributed by atoms with Gasteiger partial charge in [0.2, 0.25) is 0 Å². The van der Waals surface area contributed by atoms with E-state index in [0.29, 0.717) is 5.56 Å². The molecule has 1 fully saturated rings. The van der Waals surface area contributed by atoms with E-state index in [1.54, 1.807) is 12.1 Å². The first-order valence-electron chi connectivity index (χ1n) is 5.88. The van der Waals surface area contributed by atoms with Crippen LogP contribution in [0.2, 0.25) is 0 Å². The van der Waals surface area contributed by atoms with Crippen molar-refractivity contribution in [2.75, 3.05) is 0 Å². The lowest BCUT2D eigenvalue weighted by atomic mass is 9.94. The highest BCUT2D eigenvalue weighted by Crippen LogP contribution is 2.47. The summed E-state index contributed by atoms with van der Waals surface area (Å²) in [4.78, 5) is 0. The Kier molecular flexibility index (Phi) is 3.34. The molecule has 0 aromatic heterocycles. The Morgan fingerprint density at radius 1 is 1.17 bits per heavy atom. The molecule has 0 radical (unpaired) electrons. The minimum absolute atomic E-state index is 0.106. The fraction of sp³-hybridized carbons (Fsp3) is 0.429. The lowest BCUT2D eigenvalue weighted by molar-refractivity contribution is 0.0216. The van der Waals surface area contributed by atoms with E-state index in [0.717, 1.165) is 18.4 Å². The standard InChI is InChI=1S/C14H14N2O2/c15-8-5-12(17)13(18)10-1-3-11(4-2-10)14(9-16)6-7-14/h1-4,12-13,17-18H,5-7H2. The lowest BCUT2D eigenvalue weighted by Crippen LogP contribution is -2.17. The van der Waals surface area contributed by atoms with Crippen LogP contribution in [0.1, 0.15) is 36.5 Å². The Morgan fingerprint density at radius 3 is 2.22 bits per heavy atom. The quantitative estimate of drug-likeness (QED) is 0.838. The van der Waals surface area contributed by atoms with Gasteiger partial charge in [0.15, 0.2) is 0 Å². The second-order valence-corrected chi connectivity index (χ2v) is 4.69. The highest BCUT2D eigenvalue weighted by molar-refractivity contribution is 5.40. The van der Waals surface area contributed by atoms with Crippen LogP contribution < -0.4 is 0 Å². The Balaban J connectivity index is 2.14. The molecule has 0 aliphatic heterocycles. The topological polar surface area (TPSA) is 88.0 Å². The molecule has 0 bridgehead atoms. The van der Waals surface area contributed by atoms with Crippen LogP contribution >= 0.6 is 0 Å². The van der Waals surface area contributed by atoms with Gasteiger partial charge in [0, 0.05) is 0 Å². The number of aliphatic hydroxyl groups is 2. The van der Waals surface area contributed by atoms with Gasteiger partial charge in [-0.05, 0) is 24.0 Å². The maximum Gasteiger partial charge on any atom is 0.106 e. The monoisotopic (exact) mass is 242 g/mol. The molecule has 1 aliphatic carbocycles. The zero-order chi connectivity index (χ0) is 13.2. The number of hydrogen-bond acceptors (Lipinski definition) is 4. The predicted octanol–water partition coefficient (Wildman–Crippen LogP) is 1.55. The van der Waals surface area contributed by atoms with Crippen LogP contribution in [-0.2, 0) is 5.41 Å². The van der Waals surface area contributed by atoms with Gasteiger partial charge in [-0.1, -0.05) is 24.3 Å². The van der Waals surface area contributed by atoms with Crippen molar-refractivity contribution in [2.45, 2.75) is 36.9 Å². The average molecular weight is 242 g/mol. The third-order valence-corrected chi connectivity index (χ3v) is 3.43. The van der Waals surface area contributed by atoms with Crippen LogP contribution in [0.4, 0.5) is 0 Å². The van der Waals surface area contributed by atoms with E-state index in [1.165, 1.54) is 0 Å². The van der Waals surface area contributed by atoms with Crippen LogP contribution in [0.3, 0.4) is 0 Å². The first kappa shape index (κ1) is 12.6. The molecule has 1 saturated carbocycles. The van der Waals surface area contributed by atoms with Crippen molar-refractivity contribution in [1.29, 1.82) is 10.5 Å². The van der Waals surface area contributed by atoms with E-state index in [-0.39, 0.29) is 11.8 Å². The molecule has 18 heavy (non-hydrogen) atoms. The van der Waals surface area contributed by atoms with Crippen LogP contribution in [0.15, 0.2) is 24.3 Å². The maximum atomic E-state index is 9.82. The molecule has 2 unspecified atom stereocenters. The van der Waals surface area contributed by atoms with Gasteiger partial charge in [-0.2, -0.15) is 10.5 Å². The molecule has 0 spiro atoms. The molecular formula is C14H14N2O2. The molecule has 0 heterocycles. The van der Waals surface area contributed by atoms with Gasteiger partial charge in [0.05, 0.1) is 30.1 Å². The molecule has 0 saturated heterocycles. The lowest BCUT2D eigenvalue weighted by Gasteiger charge is -2.16. The summed E-state index contributed by atoms with van der Waals surface area (Å²) < 4.78 is 0. The summed E-state index contributed by atoms with van der Waals surface area (Å²) in [6, 6.07) is 11.2. The van der Waals surface area contributed by atoms with E-state index in [2.05, 4.69) is 6.07 Å². The minimum Gasteiger partial charge on any atom is -0.389 e. The van der Waals surface area contributed by atoms with E-state index in [9.17, 15) is 10.2 Å². The second-order valence-electron chi connectivity index (χ2n) is 4.69. The number of aliphatic hydroxyl groups excluding tert-OH is 2. The Bertz CT molecular complexity index is 506. The largest absolute Gasteiger partial charge is 0.389 e. The van der Waals surface area contributed by atoms with Gasteiger partial charge in [-0.25, -0.2) is 0 Å². The van der Waals surface area contributed by atoms with Crippen molar-refractivity contribution in [3.05, 3.63) is 35.4 Å². The Morgan fingerprint density at radius 2 is 1.78 bits per heavy atom. The van der Waals surface area contributed by atoms with Gasteiger partial charge in [-0.15, -0.1) is 0 Å². The fourth-order valence-electron chi connectivity index (χ4n) is 2.02. The fourth-order valence-corrected chi connectivity index (χ4v) is 2.02. The minimum atomic E-state index is -1.08. The van der Waals surface area contributed by atoms with Crippen molar-refractivity contribution in [2.24, 2.45) is 0 Å². The SMILES string of the molecule is N#CCC(O)C(O)c1ccc(C2(C#N)CC2)cc1. The second kappa shape index (κ2) is 4.78. The van der Waals surface area contributed by atoms with Crippen LogP contribution in [0.25, 0.3) is 0 Å². The Labute approximate surface area is 106 Å². The third-order valence-electron chi connectivity index (χ3n) is 3.43. The molecule has 1 aromatic carbocycles. The molecule has 4 heteroatoms. The van der Waals surface area contributed by atoms with Crippen LogP contribution in [0, 0.1) is 22.7 Å². The van der Waals surface area contributed by atoms with E-state index < -0.39 is 12.2 Å². The number of nitriles is 2. The highest BCUT2D eigenvalue weighted by atomic mass is 16.3. The smallest absolute Gasteiger partial charge is 0.106 e. The average Bonchev–Trinajstić information content (AvgIpc) is 3.19. The van der Waals surface area contributed by atoms with Crippen molar-refractivity contribution in [1.82, 2.24) is 0 Å². The van der Waals surface area contributed by atoms with Crippen molar-refractivity contribution >= 4 is 0 Å². The molecule has 2 N–H and O–H groups in total. The van der Waals surface area contributed by atoms with Gasteiger partial charge in [-0.3, -0.25) is 0 Å². The highest BCUT2D eigenvalue weighted by Gasteiger charge is 2.44. The van der Waals surface area contributed by atoms with Gasteiger partial charge >= 0.3 is 0 Å². The van der Waals surface area contributed by atoms with E-state index in [4.69, 9.17) is 10.5 Å². The van der Waals surface area contributed by atoms with Crippen molar-refractivity contribution in [3.63, 3.8) is 0 Å². The first-order chi connectivity index (χ1) is 8.63. The van der Waals surface area contributed by atoms with Gasteiger partial charge in [0.25, 0.3) is 0 Å². The maximum absolute atomic E-state index is 9.82. The normalized spacial score (nSPS) is 19.3. The molecule has 92 valence electrons. The summed E-state index contributed by atoms with van der Waals surface area (Å²) in [5.74, 6) is 0. The summed E-state index contributed by atoms with van der Waals surface area (Å²) >= 11 is 0. The van der Waals surface area contributed by atoms with E-state index >= 15 is 0 Å². The molecule has 1 aromatic rings. The number of nitrogens with zero attached hydrogens (tertiary/aromatic N) is 2. The molecule has 4 nitrogen and oxygen atoms in total. The first-order valence-corrected chi connectivity index (χ1v) is 5.88. The zero-order valence-electron chi connectivity index (χ0n) is 9.87. The molecule has 2 rings (SSSR count). The summed E-state index contributed by atoms with van der Waals surface area (Å²) in [6.07, 6.45) is -0.488. The van der Waals surface area contributed by atoms with Gasteiger partial charge in [0.1, 0.15) is 6.10 Å². The Hall–Kier alpha value is -1.88. The predicted molar refractivity (Wildman–Crippen MR) is 64.2 cm³/mol. The summed E-state index contributed by atoms with van der Waals surface area (Å²) in [6.45, 7) is 0. The van der Waals surface area contributed by atoms with Crippen molar-refractivity contribution in [3.8, 4) is 12.1 Å². The van der Waals surface area contributed by atoms with Crippen LogP contribution in [0.5, 0.6) is 0 Å². The molecular weight excluding hydrogens is 228 g/mol. The number of hydrogen-bond donors (Lipinski definition) is 2. The van der Waals surface area contributed by atoms with E-state index in [1.807, 2.05) is 18.2 Å². The molecule has 0 amide bonds. The molecule has 1 aliphatic rings. The summed E-state index contributed by atoms with van der Waals surface area (Å²) in [5.41, 5.74) is 1.18. The van der Waals surface area contributed by atoms with Gasteiger partial charge < -0.3 is 10.2 Å². The number of benzene rings is 1. The van der Waals surface area contributed by atoms with Crippen molar-refractivity contribution < 1.29 is 10.2 Å². The molecule has 2 atom stereocenters. The van der Waals surface area contributed by atoms with Crippen LogP contribution in [-0.4, -0.2) is 16.3 Å². The third kappa shape index (κ3) is 2.22. The zero-order valence-corrected chi connectivity index (χ0v) is 9.87. The number of rotatable bonds is 4. The summed E-state index contributed by atoms with van der Waals surface area (Å²) in [5, 5.41) is 36.9.